The van der Waals surface area contributed by atoms with Gasteiger partial charge in [0.2, 0.25) is 0 Å². The van der Waals surface area contributed by atoms with Crippen molar-refractivity contribution in [3.05, 3.63) is 65.7 Å². The summed E-state index contributed by atoms with van der Waals surface area (Å²) in [5.41, 5.74) is 4.66. The molecule has 7 nitrogen and oxygen atoms in total. The van der Waals surface area contributed by atoms with Gasteiger partial charge in [0, 0.05) is 10.9 Å². The molecule has 2 aromatic heterocycles. The highest BCUT2D eigenvalue weighted by molar-refractivity contribution is 5.88. The Morgan fingerprint density at radius 2 is 1.96 bits per heavy atom. The summed E-state index contributed by atoms with van der Waals surface area (Å²) in [6, 6.07) is 11.0. The average Bonchev–Trinajstić information content (AvgIpc) is 3.29. The van der Waals surface area contributed by atoms with E-state index in [9.17, 15) is 4.79 Å². The van der Waals surface area contributed by atoms with Crippen LogP contribution in [0.4, 0.5) is 0 Å². The second-order valence-electron chi connectivity index (χ2n) is 6.04. The first kappa shape index (κ1) is 16.0. The number of fused-ring (bicyclic) bond motifs is 1. The number of aromatic nitrogens is 4. The molecule has 4 rings (SSSR count). The van der Waals surface area contributed by atoms with Crippen molar-refractivity contribution in [1.29, 1.82) is 0 Å². The van der Waals surface area contributed by atoms with Crippen molar-refractivity contribution in [2.24, 2.45) is 0 Å². The van der Waals surface area contributed by atoms with Crippen molar-refractivity contribution in [1.82, 2.24) is 20.2 Å². The summed E-state index contributed by atoms with van der Waals surface area (Å²) in [7, 11) is 0. The molecule has 0 atom stereocenters. The second-order valence-corrected chi connectivity index (χ2v) is 6.04. The zero-order chi connectivity index (χ0) is 18.1. The minimum Gasteiger partial charge on any atom is -0.464 e. The van der Waals surface area contributed by atoms with Gasteiger partial charge in [0.25, 0.3) is 0 Å². The van der Waals surface area contributed by atoms with E-state index in [0.717, 1.165) is 33.3 Å². The van der Waals surface area contributed by atoms with Gasteiger partial charge in [-0.2, -0.15) is 0 Å². The number of tetrazole rings is 1. The molecule has 4 aromatic rings. The molecule has 0 saturated carbocycles. The second kappa shape index (κ2) is 6.44. The molecule has 2 heterocycles. The summed E-state index contributed by atoms with van der Waals surface area (Å²) in [5, 5.41) is 11.9. The van der Waals surface area contributed by atoms with Crippen LogP contribution in [0.15, 0.2) is 53.4 Å². The standard InChI is InChI=1S/C19H16N4O3/c1-12-3-8-17-14(10-25-19(17)13(12)2)9-18(24)26-16-6-4-15(5-7-16)23-11-20-21-22-23/h3-8,10-11H,9H2,1-2H3. The van der Waals surface area contributed by atoms with Gasteiger partial charge in [-0.05, 0) is 59.7 Å². The molecule has 26 heavy (non-hydrogen) atoms. The van der Waals surface area contributed by atoms with E-state index in [2.05, 4.69) is 15.5 Å². The van der Waals surface area contributed by atoms with Crippen LogP contribution >= 0.6 is 0 Å². The monoisotopic (exact) mass is 348 g/mol. The zero-order valence-corrected chi connectivity index (χ0v) is 14.3. The van der Waals surface area contributed by atoms with Gasteiger partial charge in [-0.25, -0.2) is 4.68 Å². The molecule has 0 aliphatic heterocycles. The number of benzene rings is 2. The fraction of sp³-hybridized carbons (Fsp3) is 0.158. The van der Waals surface area contributed by atoms with E-state index < -0.39 is 0 Å². The molecule has 130 valence electrons. The quantitative estimate of drug-likeness (QED) is 0.416. The van der Waals surface area contributed by atoms with E-state index in [4.69, 9.17) is 9.15 Å². The predicted octanol–water partition coefficient (Wildman–Crippen LogP) is 3.17. The van der Waals surface area contributed by atoms with Crippen LogP contribution in [0.25, 0.3) is 16.7 Å². The summed E-state index contributed by atoms with van der Waals surface area (Å²) >= 11 is 0. The minimum atomic E-state index is -0.346. The lowest BCUT2D eigenvalue weighted by Crippen LogP contribution is -2.11. The topological polar surface area (TPSA) is 83.0 Å². The molecule has 0 fully saturated rings. The molecule has 2 aromatic carbocycles. The highest BCUT2D eigenvalue weighted by atomic mass is 16.5. The fourth-order valence-electron chi connectivity index (χ4n) is 2.79. The maximum Gasteiger partial charge on any atom is 0.315 e. The Hall–Kier alpha value is -3.48. The summed E-state index contributed by atoms with van der Waals surface area (Å²) in [5.74, 6) is 0.118. The van der Waals surface area contributed by atoms with Crippen molar-refractivity contribution in [2.75, 3.05) is 0 Å². The highest BCUT2D eigenvalue weighted by Gasteiger charge is 2.14. The average molecular weight is 348 g/mol. The number of furan rings is 1. The van der Waals surface area contributed by atoms with Gasteiger partial charge < -0.3 is 9.15 Å². The van der Waals surface area contributed by atoms with Gasteiger partial charge >= 0.3 is 5.97 Å². The van der Waals surface area contributed by atoms with Crippen molar-refractivity contribution in [3.8, 4) is 11.4 Å². The largest absolute Gasteiger partial charge is 0.464 e. The highest BCUT2D eigenvalue weighted by Crippen LogP contribution is 2.27. The molecule has 0 unspecified atom stereocenters. The molecule has 7 heteroatoms. The lowest BCUT2D eigenvalue weighted by Gasteiger charge is -2.05. The van der Waals surface area contributed by atoms with Crippen LogP contribution in [0.5, 0.6) is 5.75 Å². The Balaban J connectivity index is 1.48. The maximum absolute atomic E-state index is 12.3. The third-order valence-electron chi connectivity index (χ3n) is 4.36. The van der Waals surface area contributed by atoms with Crippen molar-refractivity contribution >= 4 is 16.9 Å². The summed E-state index contributed by atoms with van der Waals surface area (Å²) in [6.45, 7) is 4.04. The molecule has 0 aliphatic carbocycles. The number of carbonyl (C=O) groups is 1. The Morgan fingerprint density at radius 1 is 1.15 bits per heavy atom. The molecular weight excluding hydrogens is 332 g/mol. The molecule has 0 N–H and O–H groups in total. The number of carbonyl (C=O) groups excluding carboxylic acids is 1. The summed E-state index contributed by atoms with van der Waals surface area (Å²) < 4.78 is 12.6. The van der Waals surface area contributed by atoms with E-state index in [1.165, 1.54) is 11.0 Å². The molecule has 0 radical (unpaired) electrons. The van der Waals surface area contributed by atoms with Crippen molar-refractivity contribution in [3.63, 3.8) is 0 Å². The smallest absolute Gasteiger partial charge is 0.315 e. The van der Waals surface area contributed by atoms with Crippen molar-refractivity contribution in [2.45, 2.75) is 20.3 Å². The van der Waals surface area contributed by atoms with Gasteiger partial charge in [0.15, 0.2) is 0 Å². The van der Waals surface area contributed by atoms with Gasteiger partial charge in [-0.15, -0.1) is 5.10 Å². The first-order chi connectivity index (χ1) is 12.6. The number of ether oxygens (including phenoxy) is 1. The van der Waals surface area contributed by atoms with Crippen LogP contribution in [0.3, 0.4) is 0 Å². The summed E-state index contributed by atoms with van der Waals surface area (Å²) in [6.07, 6.45) is 3.26. The van der Waals surface area contributed by atoms with Crippen LogP contribution in [0.2, 0.25) is 0 Å². The van der Waals surface area contributed by atoms with Crippen LogP contribution in [-0.2, 0) is 11.2 Å². The van der Waals surface area contributed by atoms with Crippen LogP contribution in [-0.4, -0.2) is 26.2 Å². The maximum atomic E-state index is 12.3. The number of nitrogens with zero attached hydrogens (tertiary/aromatic N) is 4. The Kier molecular flexibility index (Phi) is 3.96. The lowest BCUT2D eigenvalue weighted by molar-refractivity contribution is -0.133. The predicted molar refractivity (Wildman–Crippen MR) is 94.2 cm³/mol. The van der Waals surface area contributed by atoms with Gasteiger partial charge in [-0.1, -0.05) is 12.1 Å². The normalized spacial score (nSPS) is 11.0. The van der Waals surface area contributed by atoms with Crippen LogP contribution < -0.4 is 4.74 Å². The number of rotatable bonds is 4. The zero-order valence-electron chi connectivity index (χ0n) is 14.3. The molecule has 0 bridgehead atoms. The third-order valence-corrected chi connectivity index (χ3v) is 4.36. The molecule has 0 amide bonds. The molecular formula is C19H16N4O3. The van der Waals surface area contributed by atoms with Gasteiger partial charge in [-0.3, -0.25) is 4.79 Å². The van der Waals surface area contributed by atoms with E-state index in [1.54, 1.807) is 30.5 Å². The van der Waals surface area contributed by atoms with E-state index in [0.29, 0.717) is 5.75 Å². The molecule has 0 aliphatic rings. The number of esters is 1. The first-order valence-electron chi connectivity index (χ1n) is 8.12. The van der Waals surface area contributed by atoms with E-state index in [-0.39, 0.29) is 12.4 Å². The third kappa shape index (κ3) is 2.95. The van der Waals surface area contributed by atoms with E-state index >= 15 is 0 Å². The lowest BCUT2D eigenvalue weighted by atomic mass is 10.0. The Morgan fingerprint density at radius 3 is 2.69 bits per heavy atom. The van der Waals surface area contributed by atoms with Crippen LogP contribution in [0, 0.1) is 13.8 Å². The minimum absolute atomic E-state index is 0.143. The molecule has 0 saturated heterocycles. The number of aryl methyl sites for hydroxylation is 2. The van der Waals surface area contributed by atoms with Crippen molar-refractivity contribution < 1.29 is 13.9 Å². The summed E-state index contributed by atoms with van der Waals surface area (Å²) in [4.78, 5) is 12.3. The number of hydrogen-bond acceptors (Lipinski definition) is 6. The Labute approximate surface area is 149 Å². The van der Waals surface area contributed by atoms with E-state index in [1.807, 2.05) is 26.0 Å². The fourth-order valence-corrected chi connectivity index (χ4v) is 2.79. The Bertz CT molecular complexity index is 1070. The molecule has 0 spiro atoms. The van der Waals surface area contributed by atoms with Gasteiger partial charge in [0.05, 0.1) is 18.4 Å². The number of hydrogen-bond donors (Lipinski definition) is 0. The van der Waals surface area contributed by atoms with Gasteiger partial charge in [0.1, 0.15) is 17.7 Å². The first-order valence-corrected chi connectivity index (χ1v) is 8.12. The van der Waals surface area contributed by atoms with Crippen LogP contribution in [0.1, 0.15) is 16.7 Å². The SMILES string of the molecule is Cc1ccc2c(CC(=O)Oc3ccc(-n4cnnn4)cc3)coc2c1C.